The first-order valence-electron chi connectivity index (χ1n) is 11.9. The number of fused-ring (bicyclic) bond motifs is 1. The minimum atomic E-state index is -0.749. The lowest BCUT2D eigenvalue weighted by Gasteiger charge is -2.26. The fourth-order valence-electron chi connectivity index (χ4n) is 4.76. The standard InChI is InChI=1S/C27H40O5/c1-6-7-10-18(2)24(32-26(31)27(3,4)5)14-13-21-22-16-19(11-8-9-12-25(29)30)15-20(22)17-23(21)28/h11,13-14,18,20-24,28H,8-10,12,15-17H2,1-5H3,(H,29,30)/t18?,20-,21+,22-,23+,24+/m0/s1. The molecule has 32 heavy (non-hydrogen) atoms. The first kappa shape index (κ1) is 26.2. The van der Waals surface area contributed by atoms with Crippen LogP contribution in [-0.2, 0) is 14.3 Å². The number of allylic oxidation sites excluding steroid dienone is 2. The van der Waals surface area contributed by atoms with Gasteiger partial charge < -0.3 is 14.9 Å². The van der Waals surface area contributed by atoms with E-state index in [0.29, 0.717) is 24.7 Å². The van der Waals surface area contributed by atoms with Crippen molar-refractivity contribution in [2.45, 2.75) is 91.8 Å². The van der Waals surface area contributed by atoms with Crippen molar-refractivity contribution in [3.63, 3.8) is 0 Å². The predicted molar refractivity (Wildman–Crippen MR) is 126 cm³/mol. The van der Waals surface area contributed by atoms with Crippen molar-refractivity contribution in [1.29, 1.82) is 0 Å². The second-order valence-electron chi connectivity index (χ2n) is 10.5. The molecule has 2 aliphatic carbocycles. The summed E-state index contributed by atoms with van der Waals surface area (Å²) in [4.78, 5) is 23.2. The normalized spacial score (nSPS) is 28.2. The second-order valence-corrected chi connectivity index (χ2v) is 10.5. The molecule has 0 radical (unpaired) electrons. The van der Waals surface area contributed by atoms with Gasteiger partial charge in [0, 0.05) is 24.7 Å². The van der Waals surface area contributed by atoms with E-state index in [9.17, 15) is 14.7 Å². The summed E-state index contributed by atoms with van der Waals surface area (Å²) < 4.78 is 5.85. The molecule has 0 aromatic rings. The Hall–Kier alpha value is -2.06. The van der Waals surface area contributed by atoms with Gasteiger partial charge in [0.2, 0.25) is 0 Å². The topological polar surface area (TPSA) is 83.8 Å². The molecule has 5 heteroatoms. The first-order chi connectivity index (χ1) is 15.0. The van der Waals surface area contributed by atoms with Crippen LogP contribution in [0.15, 0.2) is 23.8 Å². The lowest BCUT2D eigenvalue weighted by molar-refractivity contribution is -0.158. The molecule has 2 N–H and O–H groups in total. The number of carbonyl (C=O) groups is 2. The van der Waals surface area contributed by atoms with E-state index in [1.165, 1.54) is 5.57 Å². The van der Waals surface area contributed by atoms with Crippen LogP contribution in [0.3, 0.4) is 0 Å². The molecule has 6 atom stereocenters. The number of carbonyl (C=O) groups excluding carboxylic acids is 1. The molecule has 178 valence electrons. The zero-order chi connectivity index (χ0) is 23.9. The van der Waals surface area contributed by atoms with Crippen molar-refractivity contribution < 1.29 is 24.5 Å². The molecule has 2 aliphatic rings. The molecule has 0 spiro atoms. The number of hydrogen-bond donors (Lipinski definition) is 2. The van der Waals surface area contributed by atoms with E-state index in [4.69, 9.17) is 9.84 Å². The van der Waals surface area contributed by atoms with Crippen molar-refractivity contribution in [3.05, 3.63) is 23.8 Å². The minimum absolute atomic E-state index is 0.0465. The number of rotatable bonds is 9. The van der Waals surface area contributed by atoms with Gasteiger partial charge in [-0.15, -0.1) is 11.8 Å². The average Bonchev–Trinajstić information content (AvgIpc) is 3.22. The van der Waals surface area contributed by atoms with Gasteiger partial charge in [0.25, 0.3) is 0 Å². The van der Waals surface area contributed by atoms with Crippen molar-refractivity contribution in [2.24, 2.45) is 29.1 Å². The van der Waals surface area contributed by atoms with Gasteiger partial charge in [0.1, 0.15) is 6.10 Å². The lowest BCUT2D eigenvalue weighted by atomic mass is 9.89. The van der Waals surface area contributed by atoms with Crippen LogP contribution in [0.25, 0.3) is 0 Å². The maximum absolute atomic E-state index is 12.5. The quantitative estimate of drug-likeness (QED) is 0.223. The molecule has 0 aliphatic heterocycles. The van der Waals surface area contributed by atoms with Crippen LogP contribution < -0.4 is 0 Å². The predicted octanol–water partition coefficient (Wildman–Crippen LogP) is 5.14. The number of ether oxygens (including phenoxy) is 1. The Morgan fingerprint density at radius 3 is 2.62 bits per heavy atom. The third-order valence-electron chi connectivity index (χ3n) is 6.68. The van der Waals surface area contributed by atoms with Crippen molar-refractivity contribution >= 4 is 11.9 Å². The van der Waals surface area contributed by atoms with E-state index < -0.39 is 11.4 Å². The average molecular weight is 445 g/mol. The molecule has 5 nitrogen and oxygen atoms in total. The Balaban J connectivity index is 2.07. The van der Waals surface area contributed by atoms with E-state index >= 15 is 0 Å². The zero-order valence-electron chi connectivity index (χ0n) is 20.3. The third-order valence-corrected chi connectivity index (χ3v) is 6.68. The van der Waals surface area contributed by atoms with Gasteiger partial charge >= 0.3 is 11.9 Å². The van der Waals surface area contributed by atoms with E-state index in [-0.39, 0.29) is 36.4 Å². The van der Waals surface area contributed by atoms with Crippen LogP contribution >= 0.6 is 0 Å². The van der Waals surface area contributed by atoms with Crippen LogP contribution in [0, 0.1) is 40.9 Å². The third kappa shape index (κ3) is 7.52. The van der Waals surface area contributed by atoms with Gasteiger partial charge in [0.05, 0.1) is 11.5 Å². The van der Waals surface area contributed by atoms with Gasteiger partial charge in [-0.1, -0.05) is 24.6 Å². The molecule has 0 bridgehead atoms. The van der Waals surface area contributed by atoms with Crippen molar-refractivity contribution in [3.8, 4) is 11.8 Å². The summed E-state index contributed by atoms with van der Waals surface area (Å²) in [5.41, 5.74) is 0.810. The fraction of sp³-hybridized carbons (Fsp3) is 0.704. The molecule has 0 amide bonds. The Morgan fingerprint density at radius 1 is 1.28 bits per heavy atom. The summed E-state index contributed by atoms with van der Waals surface area (Å²) in [6, 6.07) is 0. The summed E-state index contributed by atoms with van der Waals surface area (Å²) in [7, 11) is 0. The van der Waals surface area contributed by atoms with Crippen LogP contribution in [0.1, 0.15) is 79.6 Å². The van der Waals surface area contributed by atoms with Crippen LogP contribution in [-0.4, -0.2) is 34.4 Å². The molecule has 2 fully saturated rings. The molecule has 1 unspecified atom stereocenters. The van der Waals surface area contributed by atoms with Crippen molar-refractivity contribution in [2.75, 3.05) is 0 Å². The maximum atomic E-state index is 12.5. The summed E-state index contributed by atoms with van der Waals surface area (Å²) >= 11 is 0. The smallest absolute Gasteiger partial charge is 0.311 e. The maximum Gasteiger partial charge on any atom is 0.311 e. The Kier molecular flexibility index (Phi) is 9.58. The highest BCUT2D eigenvalue weighted by atomic mass is 16.5. The SMILES string of the molecule is CC#CCC(C)[C@@H](C=C[C@@H]1[C@H]2CC(=CCCCC(=O)O)C[C@H]2C[C@H]1O)OC(=O)C(C)(C)C. The summed E-state index contributed by atoms with van der Waals surface area (Å²) in [5.74, 6) is 5.97. The number of aliphatic carboxylic acids is 1. The van der Waals surface area contributed by atoms with E-state index in [0.717, 1.165) is 25.7 Å². The number of carboxylic acids is 1. The van der Waals surface area contributed by atoms with Gasteiger partial charge in [-0.25, -0.2) is 0 Å². The highest BCUT2D eigenvalue weighted by Crippen LogP contribution is 2.50. The van der Waals surface area contributed by atoms with Crippen LogP contribution in [0.5, 0.6) is 0 Å². The molecule has 2 saturated carbocycles. The Bertz CT molecular complexity index is 776. The number of carboxylic acid groups (broad SMARTS) is 1. The Morgan fingerprint density at radius 2 is 2.00 bits per heavy atom. The van der Waals surface area contributed by atoms with Gasteiger partial charge in [-0.2, -0.15) is 0 Å². The first-order valence-corrected chi connectivity index (χ1v) is 11.9. The number of hydrogen-bond acceptors (Lipinski definition) is 4. The largest absolute Gasteiger partial charge is 0.481 e. The summed E-state index contributed by atoms with van der Waals surface area (Å²) in [5, 5.41) is 19.5. The lowest BCUT2D eigenvalue weighted by Crippen LogP contribution is -2.31. The molecule has 0 aromatic heterocycles. The molecule has 0 aromatic carbocycles. The highest BCUT2D eigenvalue weighted by molar-refractivity contribution is 5.75. The zero-order valence-corrected chi connectivity index (χ0v) is 20.3. The van der Waals surface area contributed by atoms with Crippen molar-refractivity contribution in [1.82, 2.24) is 0 Å². The molecule has 0 heterocycles. The number of aliphatic hydroxyl groups is 1. The molecular formula is C27H40O5. The minimum Gasteiger partial charge on any atom is -0.481 e. The van der Waals surface area contributed by atoms with Crippen LogP contribution in [0.2, 0.25) is 0 Å². The number of aliphatic hydroxyl groups excluding tert-OH is 1. The number of esters is 1. The second kappa shape index (κ2) is 11.7. The van der Waals surface area contributed by atoms with E-state index in [2.05, 4.69) is 24.0 Å². The fourth-order valence-corrected chi connectivity index (χ4v) is 4.76. The molecule has 2 rings (SSSR count). The highest BCUT2D eigenvalue weighted by Gasteiger charge is 2.45. The molecule has 0 saturated heterocycles. The number of unbranched alkanes of at least 4 members (excludes halogenated alkanes) is 1. The van der Waals surface area contributed by atoms with Gasteiger partial charge in [-0.3, -0.25) is 9.59 Å². The van der Waals surface area contributed by atoms with E-state index in [1.807, 2.05) is 33.8 Å². The summed E-state index contributed by atoms with van der Waals surface area (Å²) in [6.45, 7) is 9.39. The monoisotopic (exact) mass is 444 g/mol. The Labute approximate surface area is 193 Å². The molecular weight excluding hydrogens is 404 g/mol. The van der Waals surface area contributed by atoms with Crippen LogP contribution in [0.4, 0.5) is 0 Å². The van der Waals surface area contributed by atoms with Gasteiger partial charge in [0.15, 0.2) is 0 Å². The van der Waals surface area contributed by atoms with Gasteiger partial charge in [-0.05, 0) is 77.7 Å². The van der Waals surface area contributed by atoms with E-state index in [1.54, 1.807) is 6.92 Å². The summed E-state index contributed by atoms with van der Waals surface area (Å²) in [6.07, 6.45) is 10.5.